The largest absolute Gasteiger partial charge is 0.310 e. The highest BCUT2D eigenvalue weighted by atomic mass is 15.2. The summed E-state index contributed by atoms with van der Waals surface area (Å²) in [6, 6.07) is 81.7. The number of para-hydroxylation sites is 4. The number of hydrogen-bond acceptors (Lipinski definition) is 3. The minimum absolute atomic E-state index is 0.574. The molecule has 61 heavy (non-hydrogen) atoms. The van der Waals surface area contributed by atoms with Crippen molar-refractivity contribution in [1.82, 2.24) is 4.57 Å². The number of rotatable bonds is 6. The molecule has 1 aliphatic heterocycles. The Labute approximate surface area is 354 Å². The van der Waals surface area contributed by atoms with Gasteiger partial charge in [0.05, 0.1) is 50.7 Å². The third kappa shape index (κ3) is 5.51. The van der Waals surface area contributed by atoms with Gasteiger partial charge in [0, 0.05) is 22.0 Å². The number of aromatic nitrogens is 1. The van der Waals surface area contributed by atoms with Gasteiger partial charge >= 0.3 is 0 Å². The molecule has 10 aromatic rings. The molecule has 4 heteroatoms. The lowest BCUT2D eigenvalue weighted by molar-refractivity contribution is 0.731. The normalized spacial score (nSPS) is 12.7. The van der Waals surface area contributed by atoms with Crippen molar-refractivity contribution in [3.8, 4) is 40.1 Å². The van der Waals surface area contributed by atoms with E-state index in [1.807, 2.05) is 42.5 Å². The lowest BCUT2D eigenvalue weighted by atomic mass is 9.62. The molecule has 11 rings (SSSR count). The van der Waals surface area contributed by atoms with E-state index in [1.54, 1.807) is 0 Å². The number of nitrogens with zero attached hydrogens (tertiary/aromatic N) is 4. The van der Waals surface area contributed by atoms with E-state index in [1.165, 1.54) is 22.3 Å². The molecule has 0 fully saturated rings. The third-order valence-electron chi connectivity index (χ3n) is 12.3. The van der Waals surface area contributed by atoms with Gasteiger partial charge in [-0.25, -0.2) is 0 Å². The topological polar surface area (TPSA) is 55.8 Å². The van der Waals surface area contributed by atoms with Crippen molar-refractivity contribution in [2.75, 3.05) is 4.90 Å². The van der Waals surface area contributed by atoms with Gasteiger partial charge in [-0.2, -0.15) is 10.5 Å². The Morgan fingerprint density at radius 3 is 1.74 bits per heavy atom. The zero-order valence-electron chi connectivity index (χ0n) is 33.1. The first-order chi connectivity index (χ1) is 30.2. The van der Waals surface area contributed by atoms with E-state index in [0.717, 1.165) is 66.8 Å². The standard InChI is InChI=1S/C57H36N4/c58-37-39-27-33-53-49(35-39)48-22-10-12-25-52(48)61(53)56-43(38-59)15-14-23-47(56)41-30-28-40(29-31-41)42-32-34-55-51(36-42)57(44-16-4-1-5-17-44,45-18-6-2-7-19-45)50-24-11-13-26-54(50)60(55)46-20-8-3-9-21-46/h1-36H. The Morgan fingerprint density at radius 2 is 1.02 bits per heavy atom. The van der Waals surface area contributed by atoms with Gasteiger partial charge in [0.2, 0.25) is 0 Å². The van der Waals surface area contributed by atoms with Crippen molar-refractivity contribution < 1.29 is 0 Å². The summed E-state index contributed by atoms with van der Waals surface area (Å²) in [4.78, 5) is 2.40. The summed E-state index contributed by atoms with van der Waals surface area (Å²) in [5.41, 5.74) is 15.7. The lowest BCUT2D eigenvalue weighted by Crippen LogP contribution is -2.37. The Morgan fingerprint density at radius 1 is 0.410 bits per heavy atom. The van der Waals surface area contributed by atoms with Gasteiger partial charge in [-0.1, -0.05) is 158 Å². The van der Waals surface area contributed by atoms with Gasteiger partial charge in [-0.3, -0.25) is 0 Å². The van der Waals surface area contributed by atoms with Crippen LogP contribution in [0.25, 0.3) is 49.7 Å². The molecule has 0 N–H and O–H groups in total. The monoisotopic (exact) mass is 776 g/mol. The molecule has 9 aromatic carbocycles. The number of hydrogen-bond donors (Lipinski definition) is 0. The highest BCUT2D eigenvalue weighted by Gasteiger charge is 2.46. The molecular weight excluding hydrogens is 741 g/mol. The molecule has 4 nitrogen and oxygen atoms in total. The molecule has 0 saturated heterocycles. The van der Waals surface area contributed by atoms with Crippen molar-refractivity contribution in [3.05, 3.63) is 252 Å². The van der Waals surface area contributed by atoms with Crippen molar-refractivity contribution in [1.29, 1.82) is 10.5 Å². The van der Waals surface area contributed by atoms with Crippen LogP contribution in [-0.2, 0) is 5.41 Å². The molecule has 0 atom stereocenters. The predicted molar refractivity (Wildman–Crippen MR) is 248 cm³/mol. The average molecular weight is 777 g/mol. The highest BCUT2D eigenvalue weighted by Crippen LogP contribution is 2.58. The summed E-state index contributed by atoms with van der Waals surface area (Å²) < 4.78 is 2.18. The van der Waals surface area contributed by atoms with Gasteiger partial charge in [-0.15, -0.1) is 0 Å². The number of fused-ring (bicyclic) bond motifs is 5. The van der Waals surface area contributed by atoms with Crippen LogP contribution in [0.15, 0.2) is 218 Å². The molecule has 1 aliphatic rings. The van der Waals surface area contributed by atoms with Crippen LogP contribution in [0.4, 0.5) is 17.1 Å². The predicted octanol–water partition coefficient (Wildman–Crippen LogP) is 14.0. The van der Waals surface area contributed by atoms with Crippen LogP contribution < -0.4 is 4.90 Å². The fraction of sp³-hybridized carbons (Fsp3) is 0.0175. The summed E-state index contributed by atoms with van der Waals surface area (Å²) in [5.74, 6) is 0. The molecular formula is C57H36N4. The summed E-state index contributed by atoms with van der Waals surface area (Å²) >= 11 is 0. The first kappa shape index (κ1) is 35.7. The van der Waals surface area contributed by atoms with E-state index in [2.05, 4.69) is 198 Å². The maximum Gasteiger partial charge on any atom is 0.101 e. The van der Waals surface area contributed by atoms with Crippen LogP contribution in [0.1, 0.15) is 33.4 Å². The van der Waals surface area contributed by atoms with Crippen LogP contribution >= 0.6 is 0 Å². The van der Waals surface area contributed by atoms with E-state index in [-0.39, 0.29) is 0 Å². The van der Waals surface area contributed by atoms with Gasteiger partial charge in [0.1, 0.15) is 6.07 Å². The van der Waals surface area contributed by atoms with Crippen LogP contribution in [0, 0.1) is 22.7 Å². The quantitative estimate of drug-likeness (QED) is 0.169. The number of nitriles is 2. The summed E-state index contributed by atoms with van der Waals surface area (Å²) in [7, 11) is 0. The van der Waals surface area contributed by atoms with Gasteiger partial charge in [0.25, 0.3) is 0 Å². The average Bonchev–Trinajstić information content (AvgIpc) is 3.66. The zero-order chi connectivity index (χ0) is 40.9. The fourth-order valence-electron chi connectivity index (χ4n) is 9.72. The first-order valence-corrected chi connectivity index (χ1v) is 20.5. The highest BCUT2D eigenvalue weighted by molar-refractivity contribution is 6.10. The van der Waals surface area contributed by atoms with E-state index >= 15 is 0 Å². The van der Waals surface area contributed by atoms with Crippen molar-refractivity contribution in [3.63, 3.8) is 0 Å². The molecule has 0 radical (unpaired) electrons. The second-order valence-corrected chi connectivity index (χ2v) is 15.5. The lowest BCUT2D eigenvalue weighted by Gasteiger charge is -2.46. The maximum absolute atomic E-state index is 10.6. The minimum atomic E-state index is -0.612. The van der Waals surface area contributed by atoms with E-state index in [0.29, 0.717) is 11.1 Å². The fourth-order valence-corrected chi connectivity index (χ4v) is 9.72. The molecule has 1 aromatic heterocycles. The summed E-state index contributed by atoms with van der Waals surface area (Å²) in [5, 5.41) is 22.3. The zero-order valence-corrected chi connectivity index (χ0v) is 33.1. The first-order valence-electron chi connectivity index (χ1n) is 20.5. The number of benzene rings is 9. The molecule has 0 bridgehead atoms. The van der Waals surface area contributed by atoms with Crippen molar-refractivity contribution in [2.24, 2.45) is 0 Å². The summed E-state index contributed by atoms with van der Waals surface area (Å²) in [6.07, 6.45) is 0. The van der Waals surface area contributed by atoms with Crippen molar-refractivity contribution >= 4 is 38.9 Å². The van der Waals surface area contributed by atoms with Crippen LogP contribution in [0.3, 0.4) is 0 Å². The SMILES string of the molecule is N#Cc1ccc2c(c1)c1ccccc1n2-c1c(C#N)cccc1-c1ccc(-c2ccc3c(c2)C(c2ccccc2)(c2ccccc2)c2ccccc2N3c2ccccc2)cc1. The minimum Gasteiger partial charge on any atom is -0.310 e. The van der Waals surface area contributed by atoms with Crippen LogP contribution in [-0.4, -0.2) is 4.57 Å². The maximum atomic E-state index is 10.6. The van der Waals surface area contributed by atoms with Gasteiger partial charge < -0.3 is 9.47 Å². The van der Waals surface area contributed by atoms with Crippen LogP contribution in [0.5, 0.6) is 0 Å². The molecule has 0 spiro atoms. The van der Waals surface area contributed by atoms with Crippen LogP contribution in [0.2, 0.25) is 0 Å². The summed E-state index contributed by atoms with van der Waals surface area (Å²) in [6.45, 7) is 0. The smallest absolute Gasteiger partial charge is 0.101 e. The van der Waals surface area contributed by atoms with E-state index in [4.69, 9.17) is 0 Å². The van der Waals surface area contributed by atoms with E-state index < -0.39 is 5.41 Å². The second kappa shape index (κ2) is 14.4. The molecule has 0 saturated carbocycles. The Balaban J connectivity index is 1.11. The third-order valence-corrected chi connectivity index (χ3v) is 12.3. The van der Waals surface area contributed by atoms with Crippen molar-refractivity contribution in [2.45, 2.75) is 5.41 Å². The Hall–Kier alpha value is -8.44. The Kier molecular flexibility index (Phi) is 8.45. The van der Waals surface area contributed by atoms with Gasteiger partial charge in [-0.05, 0) is 99.6 Å². The molecule has 0 amide bonds. The van der Waals surface area contributed by atoms with Gasteiger partial charge in [0.15, 0.2) is 0 Å². The second-order valence-electron chi connectivity index (χ2n) is 15.5. The Bertz CT molecular complexity index is 3330. The molecule has 284 valence electrons. The molecule has 0 aliphatic carbocycles. The molecule has 2 heterocycles. The number of anilines is 3. The molecule has 0 unspecified atom stereocenters. The van der Waals surface area contributed by atoms with E-state index in [9.17, 15) is 10.5 Å².